The molecule has 4 heteroatoms. The maximum absolute atomic E-state index is 13.4. The first-order valence-corrected chi connectivity index (χ1v) is 4.98. The average Bonchev–Trinajstić information content (AvgIpc) is 2.17. The van der Waals surface area contributed by atoms with E-state index < -0.39 is 0 Å². The molecule has 1 atom stereocenters. The second-order valence-corrected chi connectivity index (χ2v) is 4.01. The van der Waals surface area contributed by atoms with Gasteiger partial charge in [-0.1, -0.05) is 19.9 Å². The normalized spacial score (nSPS) is 19.5. The number of rotatable bonds is 1. The summed E-state index contributed by atoms with van der Waals surface area (Å²) in [4.78, 5) is 4.23. The van der Waals surface area contributed by atoms with Gasteiger partial charge in [0.2, 0.25) is 0 Å². The van der Waals surface area contributed by atoms with Crippen LogP contribution in [0.25, 0.3) is 0 Å². The molecule has 2 rings (SSSR count). The fourth-order valence-corrected chi connectivity index (χ4v) is 1.63. The summed E-state index contributed by atoms with van der Waals surface area (Å²) in [5, 5.41) is 3.16. The van der Waals surface area contributed by atoms with Crippen LogP contribution in [0.3, 0.4) is 0 Å². The van der Waals surface area contributed by atoms with E-state index >= 15 is 0 Å². The van der Waals surface area contributed by atoms with E-state index in [-0.39, 0.29) is 17.8 Å². The lowest BCUT2D eigenvalue weighted by molar-refractivity contribution is 0.536. The summed E-state index contributed by atoms with van der Waals surface area (Å²) < 4.78 is 13.4. The van der Waals surface area contributed by atoms with Crippen LogP contribution in [0.2, 0.25) is 0 Å². The topological polar surface area (TPSA) is 50.4 Å². The highest BCUT2D eigenvalue weighted by molar-refractivity contribution is 6.04. The number of nitrogens with two attached hydrogens (primary N) is 1. The summed E-state index contributed by atoms with van der Waals surface area (Å²) in [7, 11) is 0. The van der Waals surface area contributed by atoms with Crippen molar-refractivity contribution in [2.75, 3.05) is 5.32 Å². The average molecular weight is 207 g/mol. The van der Waals surface area contributed by atoms with E-state index in [0.717, 1.165) is 5.69 Å². The Labute approximate surface area is 88.2 Å². The van der Waals surface area contributed by atoms with Crippen LogP contribution in [0.5, 0.6) is 0 Å². The van der Waals surface area contributed by atoms with Crippen molar-refractivity contribution in [3.8, 4) is 0 Å². The number of nitrogens with zero attached hydrogens (tertiary/aromatic N) is 1. The first-order valence-electron chi connectivity index (χ1n) is 4.98. The zero-order chi connectivity index (χ0) is 11.0. The Balaban J connectivity index is 2.47. The number of anilines is 1. The predicted octanol–water partition coefficient (Wildman–Crippen LogP) is 1.94. The van der Waals surface area contributed by atoms with E-state index in [0.29, 0.717) is 11.5 Å². The molecule has 0 radical (unpaired) electrons. The van der Waals surface area contributed by atoms with Gasteiger partial charge in [0.15, 0.2) is 0 Å². The Bertz CT molecular complexity index is 412. The third-order valence-corrected chi connectivity index (χ3v) is 2.48. The van der Waals surface area contributed by atoms with E-state index in [9.17, 15) is 4.39 Å². The monoisotopic (exact) mass is 207 g/mol. The summed E-state index contributed by atoms with van der Waals surface area (Å²) in [6.45, 7) is 4.08. The van der Waals surface area contributed by atoms with Crippen molar-refractivity contribution >= 4 is 11.5 Å². The molecule has 0 aliphatic carbocycles. The molecule has 1 aromatic carbocycles. The highest BCUT2D eigenvalue weighted by Crippen LogP contribution is 2.25. The number of amidine groups is 1. The van der Waals surface area contributed by atoms with Crippen molar-refractivity contribution in [2.24, 2.45) is 16.6 Å². The van der Waals surface area contributed by atoms with Gasteiger partial charge >= 0.3 is 0 Å². The van der Waals surface area contributed by atoms with Crippen molar-refractivity contribution in [3.63, 3.8) is 0 Å². The zero-order valence-corrected chi connectivity index (χ0v) is 8.79. The molecule has 1 unspecified atom stereocenters. The highest BCUT2D eigenvalue weighted by atomic mass is 19.1. The molecular weight excluding hydrogens is 193 g/mol. The minimum atomic E-state index is -0.330. The van der Waals surface area contributed by atoms with Crippen molar-refractivity contribution in [3.05, 3.63) is 29.6 Å². The minimum absolute atomic E-state index is 0.0701. The van der Waals surface area contributed by atoms with Gasteiger partial charge in [-0.3, -0.25) is 0 Å². The van der Waals surface area contributed by atoms with Gasteiger partial charge in [0, 0.05) is 5.69 Å². The molecule has 1 aromatic rings. The van der Waals surface area contributed by atoms with Gasteiger partial charge in [-0.15, -0.1) is 0 Å². The van der Waals surface area contributed by atoms with Gasteiger partial charge in [-0.2, -0.15) is 0 Å². The Kier molecular flexibility index (Phi) is 2.34. The van der Waals surface area contributed by atoms with E-state index in [1.807, 2.05) is 19.9 Å². The smallest absolute Gasteiger partial charge is 0.136 e. The summed E-state index contributed by atoms with van der Waals surface area (Å²) in [5.41, 5.74) is 6.85. The van der Waals surface area contributed by atoms with Crippen molar-refractivity contribution in [1.82, 2.24) is 0 Å². The standard InChI is InChI=1S/C11H14FN3/c1-6(2)11-14-8-5-3-4-7(12)9(8)10(13)15-11/h3-6,11,14H,1-2H3,(H2,13,15). The number of hydrogen-bond donors (Lipinski definition) is 2. The second-order valence-electron chi connectivity index (χ2n) is 4.01. The van der Waals surface area contributed by atoms with E-state index in [1.54, 1.807) is 6.07 Å². The SMILES string of the molecule is CC(C)C1N=C(N)c2c(F)cccc2N1. The van der Waals surface area contributed by atoms with Crippen molar-refractivity contribution in [1.29, 1.82) is 0 Å². The van der Waals surface area contributed by atoms with Gasteiger partial charge in [0.1, 0.15) is 17.8 Å². The van der Waals surface area contributed by atoms with E-state index in [2.05, 4.69) is 10.3 Å². The molecule has 0 saturated heterocycles. The molecule has 0 amide bonds. The number of aliphatic imine (C=N–C) groups is 1. The van der Waals surface area contributed by atoms with Crippen LogP contribution in [0, 0.1) is 11.7 Å². The number of nitrogens with one attached hydrogen (secondary N) is 1. The Morgan fingerprint density at radius 2 is 2.20 bits per heavy atom. The molecule has 1 aliphatic rings. The fraction of sp³-hybridized carbons (Fsp3) is 0.364. The fourth-order valence-electron chi connectivity index (χ4n) is 1.63. The third-order valence-electron chi connectivity index (χ3n) is 2.48. The lowest BCUT2D eigenvalue weighted by atomic mass is 10.1. The molecule has 0 fully saturated rings. The molecule has 3 N–H and O–H groups in total. The molecule has 3 nitrogen and oxygen atoms in total. The Morgan fingerprint density at radius 3 is 2.87 bits per heavy atom. The van der Waals surface area contributed by atoms with Crippen LogP contribution in [0.15, 0.2) is 23.2 Å². The number of benzene rings is 1. The number of halogens is 1. The van der Waals surface area contributed by atoms with E-state index in [4.69, 9.17) is 5.73 Å². The summed E-state index contributed by atoms with van der Waals surface area (Å²) in [5.74, 6) is 0.268. The molecule has 15 heavy (non-hydrogen) atoms. The van der Waals surface area contributed by atoms with Gasteiger partial charge < -0.3 is 11.1 Å². The van der Waals surface area contributed by atoms with Gasteiger partial charge in [-0.25, -0.2) is 9.38 Å². The van der Waals surface area contributed by atoms with Crippen molar-refractivity contribution < 1.29 is 4.39 Å². The predicted molar refractivity (Wildman–Crippen MR) is 59.4 cm³/mol. The second kappa shape index (κ2) is 3.53. The molecule has 1 aliphatic heterocycles. The first-order chi connectivity index (χ1) is 7.09. The highest BCUT2D eigenvalue weighted by Gasteiger charge is 2.22. The molecule has 0 aromatic heterocycles. The van der Waals surface area contributed by atoms with E-state index in [1.165, 1.54) is 6.07 Å². The van der Waals surface area contributed by atoms with Crippen LogP contribution < -0.4 is 11.1 Å². The lowest BCUT2D eigenvalue weighted by Crippen LogP contribution is -2.33. The van der Waals surface area contributed by atoms with Crippen LogP contribution >= 0.6 is 0 Å². The molecule has 0 spiro atoms. The Morgan fingerprint density at radius 1 is 1.47 bits per heavy atom. The maximum atomic E-state index is 13.4. The largest absolute Gasteiger partial charge is 0.383 e. The quantitative estimate of drug-likeness (QED) is 0.739. The molecule has 0 saturated carbocycles. The van der Waals surface area contributed by atoms with Crippen molar-refractivity contribution in [2.45, 2.75) is 20.0 Å². The van der Waals surface area contributed by atoms with Crippen LogP contribution in [-0.4, -0.2) is 12.0 Å². The Hall–Kier alpha value is -1.58. The third kappa shape index (κ3) is 1.67. The lowest BCUT2D eigenvalue weighted by Gasteiger charge is -2.26. The summed E-state index contributed by atoms with van der Waals surface area (Å²) >= 11 is 0. The molecule has 0 bridgehead atoms. The number of hydrogen-bond acceptors (Lipinski definition) is 3. The molecular formula is C11H14FN3. The van der Waals surface area contributed by atoms with Gasteiger partial charge in [-0.05, 0) is 18.1 Å². The molecule has 1 heterocycles. The number of fused-ring (bicyclic) bond motifs is 1. The molecule has 80 valence electrons. The van der Waals surface area contributed by atoms with Gasteiger partial charge in [0.05, 0.1) is 5.56 Å². The van der Waals surface area contributed by atoms with Gasteiger partial charge in [0.25, 0.3) is 0 Å². The summed E-state index contributed by atoms with van der Waals surface area (Å²) in [6, 6.07) is 4.87. The maximum Gasteiger partial charge on any atom is 0.136 e. The minimum Gasteiger partial charge on any atom is -0.383 e. The zero-order valence-electron chi connectivity index (χ0n) is 8.79. The summed E-state index contributed by atoms with van der Waals surface area (Å²) in [6.07, 6.45) is -0.0701. The first kappa shape index (κ1) is 9.96. The van der Waals surface area contributed by atoms with Crippen LogP contribution in [0.1, 0.15) is 19.4 Å². The van der Waals surface area contributed by atoms with Crippen LogP contribution in [0.4, 0.5) is 10.1 Å². The van der Waals surface area contributed by atoms with Crippen LogP contribution in [-0.2, 0) is 0 Å².